The van der Waals surface area contributed by atoms with E-state index in [1.54, 1.807) is 12.2 Å². The zero-order chi connectivity index (χ0) is 8.55. The van der Waals surface area contributed by atoms with Gasteiger partial charge in [-0.3, -0.25) is 9.59 Å². The molecule has 62 valence electrons. The average molecular weight is 198 g/mol. The lowest BCUT2D eigenvalue weighted by molar-refractivity contribution is -0.113. The summed E-state index contributed by atoms with van der Waals surface area (Å²) < 4.78 is 0. The molecule has 4 heteroatoms. The van der Waals surface area contributed by atoms with E-state index >= 15 is 0 Å². The number of hydrogen-bond acceptors (Lipinski definition) is 4. The SMILES string of the molecule is O=C1C=C(C2=CC(=O)CS2)SC1. The first-order chi connectivity index (χ1) is 5.75. The Labute approximate surface area is 78.5 Å². The lowest BCUT2D eigenvalue weighted by Crippen LogP contribution is -1.86. The Hall–Kier alpha value is -0.480. The number of ketones is 2. The summed E-state index contributed by atoms with van der Waals surface area (Å²) in [5.41, 5.74) is 0. The zero-order valence-corrected chi connectivity index (χ0v) is 7.83. The van der Waals surface area contributed by atoms with Crippen molar-refractivity contribution in [2.75, 3.05) is 11.5 Å². The highest BCUT2D eigenvalue weighted by Gasteiger charge is 2.21. The van der Waals surface area contributed by atoms with E-state index in [0.717, 1.165) is 9.81 Å². The highest BCUT2D eigenvalue weighted by atomic mass is 32.2. The molecule has 0 radical (unpaired) electrons. The van der Waals surface area contributed by atoms with Gasteiger partial charge >= 0.3 is 0 Å². The summed E-state index contributed by atoms with van der Waals surface area (Å²) in [4.78, 5) is 23.7. The van der Waals surface area contributed by atoms with Crippen molar-refractivity contribution in [3.8, 4) is 0 Å². The molecule has 2 aliphatic heterocycles. The summed E-state index contributed by atoms with van der Waals surface area (Å²) in [5, 5.41) is 0. The monoisotopic (exact) mass is 198 g/mol. The van der Waals surface area contributed by atoms with Gasteiger partial charge in [-0.25, -0.2) is 0 Å². The van der Waals surface area contributed by atoms with Crippen molar-refractivity contribution < 1.29 is 9.59 Å². The molecule has 0 spiro atoms. The third-order valence-electron chi connectivity index (χ3n) is 1.57. The van der Waals surface area contributed by atoms with Crippen LogP contribution in [0.15, 0.2) is 22.0 Å². The van der Waals surface area contributed by atoms with E-state index < -0.39 is 0 Å². The third kappa shape index (κ3) is 1.49. The van der Waals surface area contributed by atoms with Crippen molar-refractivity contribution in [1.29, 1.82) is 0 Å². The maximum atomic E-state index is 10.9. The second kappa shape index (κ2) is 3.11. The predicted molar refractivity (Wildman–Crippen MR) is 51.1 cm³/mol. The molecule has 0 aromatic heterocycles. The topological polar surface area (TPSA) is 34.1 Å². The van der Waals surface area contributed by atoms with Crippen molar-refractivity contribution >= 4 is 35.1 Å². The fraction of sp³-hybridized carbons (Fsp3) is 0.250. The predicted octanol–water partition coefficient (Wildman–Crippen LogP) is 1.39. The van der Waals surface area contributed by atoms with Gasteiger partial charge in [0.15, 0.2) is 11.6 Å². The lowest BCUT2D eigenvalue weighted by Gasteiger charge is -1.97. The van der Waals surface area contributed by atoms with Gasteiger partial charge in [0, 0.05) is 9.81 Å². The zero-order valence-electron chi connectivity index (χ0n) is 6.20. The van der Waals surface area contributed by atoms with E-state index in [2.05, 4.69) is 0 Å². The fourth-order valence-corrected chi connectivity index (χ4v) is 2.99. The number of rotatable bonds is 1. The molecule has 0 saturated heterocycles. The average Bonchev–Trinajstić information content (AvgIpc) is 2.58. The van der Waals surface area contributed by atoms with Gasteiger partial charge in [-0.2, -0.15) is 0 Å². The quantitative estimate of drug-likeness (QED) is 0.637. The van der Waals surface area contributed by atoms with Crippen LogP contribution in [0.5, 0.6) is 0 Å². The number of carbonyl (C=O) groups excluding carboxylic acids is 2. The molecule has 2 aliphatic rings. The summed E-state index contributed by atoms with van der Waals surface area (Å²) in [6.45, 7) is 0. The minimum absolute atomic E-state index is 0.149. The molecule has 0 amide bonds. The molecule has 0 aromatic carbocycles. The van der Waals surface area contributed by atoms with Crippen LogP contribution < -0.4 is 0 Å². The highest BCUT2D eigenvalue weighted by Crippen LogP contribution is 2.38. The molecule has 2 nitrogen and oxygen atoms in total. The Kier molecular flexibility index (Phi) is 2.11. The Morgan fingerprint density at radius 3 is 1.58 bits per heavy atom. The van der Waals surface area contributed by atoms with E-state index in [1.807, 2.05) is 0 Å². The second-order valence-electron chi connectivity index (χ2n) is 2.53. The first kappa shape index (κ1) is 8.13. The summed E-state index contributed by atoms with van der Waals surface area (Å²) in [6, 6.07) is 0. The summed E-state index contributed by atoms with van der Waals surface area (Å²) in [5.74, 6) is 1.36. The van der Waals surface area contributed by atoms with E-state index in [-0.39, 0.29) is 11.6 Å². The van der Waals surface area contributed by atoms with Crippen molar-refractivity contribution in [3.63, 3.8) is 0 Å². The Bertz CT molecular complexity index is 283. The Morgan fingerprint density at radius 2 is 1.33 bits per heavy atom. The minimum Gasteiger partial charge on any atom is -0.294 e. The third-order valence-corrected chi connectivity index (χ3v) is 3.85. The van der Waals surface area contributed by atoms with Gasteiger partial charge in [0.25, 0.3) is 0 Å². The molecular weight excluding hydrogens is 192 g/mol. The van der Waals surface area contributed by atoms with Crippen LogP contribution in [0.1, 0.15) is 0 Å². The smallest absolute Gasteiger partial charge is 0.167 e. The van der Waals surface area contributed by atoms with Gasteiger partial charge < -0.3 is 0 Å². The molecule has 0 unspecified atom stereocenters. The molecule has 0 saturated carbocycles. The molecule has 2 rings (SSSR count). The van der Waals surface area contributed by atoms with Gasteiger partial charge in [0.1, 0.15) is 0 Å². The van der Waals surface area contributed by atoms with E-state index in [4.69, 9.17) is 0 Å². The Morgan fingerprint density at radius 1 is 0.917 bits per heavy atom. The van der Waals surface area contributed by atoms with Gasteiger partial charge in [0.2, 0.25) is 0 Å². The van der Waals surface area contributed by atoms with Crippen molar-refractivity contribution in [2.24, 2.45) is 0 Å². The molecular formula is C8H6O2S2. The standard InChI is InChI=1S/C8H6O2S2/c9-5-1-7(11-3-5)8-2-6(10)4-12-8/h1-2H,3-4H2. The van der Waals surface area contributed by atoms with E-state index in [1.165, 1.54) is 23.5 Å². The van der Waals surface area contributed by atoms with Crippen molar-refractivity contribution in [1.82, 2.24) is 0 Å². The maximum Gasteiger partial charge on any atom is 0.167 e. The maximum absolute atomic E-state index is 10.9. The number of allylic oxidation sites excluding steroid dienone is 2. The first-order valence-electron chi connectivity index (χ1n) is 3.51. The van der Waals surface area contributed by atoms with Crippen molar-refractivity contribution in [2.45, 2.75) is 0 Å². The van der Waals surface area contributed by atoms with Crippen LogP contribution in [0.4, 0.5) is 0 Å². The van der Waals surface area contributed by atoms with Crippen LogP contribution in [0.3, 0.4) is 0 Å². The summed E-state index contributed by atoms with van der Waals surface area (Å²) in [6.07, 6.45) is 3.25. The molecule has 0 atom stereocenters. The summed E-state index contributed by atoms with van der Waals surface area (Å²) >= 11 is 3.04. The highest BCUT2D eigenvalue weighted by molar-refractivity contribution is 8.09. The molecule has 0 aromatic rings. The van der Waals surface area contributed by atoms with Crippen LogP contribution in [0.25, 0.3) is 0 Å². The second-order valence-corrected chi connectivity index (χ2v) is 4.56. The van der Waals surface area contributed by atoms with Gasteiger partial charge in [-0.05, 0) is 12.2 Å². The van der Waals surface area contributed by atoms with Gasteiger partial charge in [-0.1, -0.05) is 0 Å². The normalized spacial score (nSPS) is 23.0. The molecule has 0 fully saturated rings. The largest absolute Gasteiger partial charge is 0.294 e. The first-order valence-corrected chi connectivity index (χ1v) is 5.48. The lowest BCUT2D eigenvalue weighted by atomic mass is 10.3. The van der Waals surface area contributed by atoms with E-state index in [0.29, 0.717) is 11.5 Å². The number of carbonyl (C=O) groups is 2. The van der Waals surface area contributed by atoms with Crippen molar-refractivity contribution in [3.05, 3.63) is 22.0 Å². The summed E-state index contributed by atoms with van der Waals surface area (Å²) in [7, 11) is 0. The molecule has 0 bridgehead atoms. The minimum atomic E-state index is 0.149. The van der Waals surface area contributed by atoms with Crippen LogP contribution in [0.2, 0.25) is 0 Å². The fourth-order valence-electron chi connectivity index (χ4n) is 1.04. The molecule has 12 heavy (non-hydrogen) atoms. The van der Waals surface area contributed by atoms with Gasteiger partial charge in [0.05, 0.1) is 11.5 Å². The van der Waals surface area contributed by atoms with Crippen LogP contribution in [0, 0.1) is 0 Å². The van der Waals surface area contributed by atoms with E-state index in [9.17, 15) is 9.59 Å². The van der Waals surface area contributed by atoms with Crippen LogP contribution in [-0.2, 0) is 9.59 Å². The molecule has 0 aliphatic carbocycles. The van der Waals surface area contributed by atoms with Crippen LogP contribution >= 0.6 is 23.5 Å². The Balaban J connectivity index is 2.21. The molecule has 0 N–H and O–H groups in total. The number of thioether (sulfide) groups is 2. The van der Waals surface area contributed by atoms with Gasteiger partial charge in [-0.15, -0.1) is 23.5 Å². The number of hydrogen-bond donors (Lipinski definition) is 0. The molecule has 2 heterocycles. The van der Waals surface area contributed by atoms with Crippen LogP contribution in [-0.4, -0.2) is 23.1 Å².